The van der Waals surface area contributed by atoms with Crippen LogP contribution < -0.4 is 0 Å². The van der Waals surface area contributed by atoms with E-state index in [0.717, 1.165) is 17.7 Å². The molecule has 0 saturated carbocycles. The van der Waals surface area contributed by atoms with E-state index in [9.17, 15) is 13.2 Å². The molecule has 4 heteroatoms. The van der Waals surface area contributed by atoms with Crippen molar-refractivity contribution in [3.05, 3.63) is 34.9 Å². The Morgan fingerprint density at radius 3 is 2.56 bits per heavy atom. The average Bonchev–Trinajstić information content (AvgIpc) is 2.19. The first-order chi connectivity index (χ1) is 7.45. The minimum Gasteiger partial charge on any atom is -0.166 e. The molecule has 0 aliphatic rings. The maximum Gasteiger partial charge on any atom is 0.416 e. The van der Waals surface area contributed by atoms with Crippen LogP contribution in [0.25, 0.3) is 0 Å². The molecule has 16 heavy (non-hydrogen) atoms. The summed E-state index contributed by atoms with van der Waals surface area (Å²) in [5.74, 6) is 5.79. The van der Waals surface area contributed by atoms with E-state index in [4.69, 9.17) is 11.6 Å². The van der Waals surface area contributed by atoms with Gasteiger partial charge in [-0.05, 0) is 24.6 Å². The molecule has 0 radical (unpaired) electrons. The molecular weight excluding hydrogens is 237 g/mol. The lowest BCUT2D eigenvalue weighted by Gasteiger charge is -2.07. The lowest BCUT2D eigenvalue weighted by atomic mass is 10.0. The summed E-state index contributed by atoms with van der Waals surface area (Å²) in [7, 11) is 0. The second-order valence-electron chi connectivity index (χ2n) is 3.27. The van der Waals surface area contributed by atoms with E-state index < -0.39 is 11.7 Å². The van der Waals surface area contributed by atoms with Crippen LogP contribution in [0, 0.1) is 18.8 Å². The van der Waals surface area contributed by atoms with E-state index in [0.29, 0.717) is 17.9 Å². The van der Waals surface area contributed by atoms with Gasteiger partial charge >= 0.3 is 6.18 Å². The van der Waals surface area contributed by atoms with Crippen LogP contribution in [0.15, 0.2) is 18.2 Å². The summed E-state index contributed by atoms with van der Waals surface area (Å²) >= 11 is 5.43. The Morgan fingerprint density at radius 1 is 1.31 bits per heavy atom. The van der Waals surface area contributed by atoms with Crippen molar-refractivity contribution in [2.75, 3.05) is 5.88 Å². The topological polar surface area (TPSA) is 0 Å². The van der Waals surface area contributed by atoms with Crippen LogP contribution >= 0.6 is 11.6 Å². The Kier molecular flexibility index (Phi) is 4.26. The van der Waals surface area contributed by atoms with Crippen molar-refractivity contribution in [1.29, 1.82) is 0 Å². The van der Waals surface area contributed by atoms with Gasteiger partial charge in [0.2, 0.25) is 0 Å². The molecule has 0 spiro atoms. The largest absolute Gasteiger partial charge is 0.416 e. The zero-order valence-electron chi connectivity index (χ0n) is 8.66. The Morgan fingerprint density at radius 2 is 2.00 bits per heavy atom. The predicted octanol–water partition coefficient (Wildman–Crippen LogP) is 3.99. The normalized spacial score (nSPS) is 10.8. The summed E-state index contributed by atoms with van der Waals surface area (Å²) in [5.41, 5.74) is 0.461. The molecule has 0 aromatic heterocycles. The lowest BCUT2D eigenvalue weighted by molar-refractivity contribution is -0.137. The smallest absolute Gasteiger partial charge is 0.166 e. The van der Waals surface area contributed by atoms with Crippen molar-refractivity contribution in [3.63, 3.8) is 0 Å². The highest BCUT2D eigenvalue weighted by Gasteiger charge is 2.30. The SMILES string of the molecule is Cc1ccc(C(F)(F)F)cc1C#CCCCl. The number of halogens is 4. The predicted molar refractivity (Wildman–Crippen MR) is 58.4 cm³/mol. The first kappa shape index (κ1) is 12.9. The van der Waals surface area contributed by atoms with Crippen LogP contribution in [0.3, 0.4) is 0 Å². The Labute approximate surface area is 97.4 Å². The summed E-state index contributed by atoms with van der Waals surface area (Å²) in [6, 6.07) is 3.55. The Bertz CT molecular complexity index is 424. The maximum atomic E-state index is 12.4. The fourth-order valence-corrected chi connectivity index (χ4v) is 1.23. The van der Waals surface area contributed by atoms with Crippen molar-refractivity contribution in [2.45, 2.75) is 19.5 Å². The molecule has 86 valence electrons. The molecule has 0 aliphatic heterocycles. The van der Waals surface area contributed by atoms with Crippen LogP contribution in [-0.2, 0) is 6.18 Å². The van der Waals surface area contributed by atoms with Gasteiger partial charge in [0.1, 0.15) is 0 Å². The second kappa shape index (κ2) is 5.27. The van der Waals surface area contributed by atoms with Gasteiger partial charge in [-0.2, -0.15) is 13.2 Å². The summed E-state index contributed by atoms with van der Waals surface area (Å²) in [6.45, 7) is 1.73. The van der Waals surface area contributed by atoms with Gasteiger partial charge in [-0.15, -0.1) is 11.6 Å². The average molecular weight is 247 g/mol. The van der Waals surface area contributed by atoms with E-state index >= 15 is 0 Å². The van der Waals surface area contributed by atoms with Gasteiger partial charge < -0.3 is 0 Å². The fraction of sp³-hybridized carbons (Fsp3) is 0.333. The number of alkyl halides is 4. The lowest BCUT2D eigenvalue weighted by Crippen LogP contribution is -2.05. The van der Waals surface area contributed by atoms with E-state index in [2.05, 4.69) is 11.8 Å². The zero-order chi connectivity index (χ0) is 12.2. The van der Waals surface area contributed by atoms with E-state index in [1.807, 2.05) is 0 Å². The molecule has 0 unspecified atom stereocenters. The van der Waals surface area contributed by atoms with Crippen LogP contribution in [0.4, 0.5) is 13.2 Å². The highest BCUT2D eigenvalue weighted by molar-refractivity contribution is 6.18. The monoisotopic (exact) mass is 246 g/mol. The number of aryl methyl sites for hydroxylation is 1. The molecule has 0 atom stereocenters. The molecule has 0 saturated heterocycles. The molecule has 0 bridgehead atoms. The first-order valence-corrected chi connectivity index (χ1v) is 5.21. The molecule has 1 aromatic carbocycles. The summed E-state index contributed by atoms with van der Waals surface area (Å²) in [6.07, 6.45) is -3.85. The zero-order valence-corrected chi connectivity index (χ0v) is 9.41. The van der Waals surface area contributed by atoms with Gasteiger partial charge in [-0.25, -0.2) is 0 Å². The minimum absolute atomic E-state index is 0.380. The van der Waals surface area contributed by atoms with E-state index in [1.165, 1.54) is 6.07 Å². The van der Waals surface area contributed by atoms with Gasteiger partial charge in [0.05, 0.1) is 5.56 Å². The van der Waals surface area contributed by atoms with Gasteiger partial charge in [0.25, 0.3) is 0 Å². The Hall–Kier alpha value is -1.14. The van der Waals surface area contributed by atoms with E-state index in [-0.39, 0.29) is 0 Å². The molecular formula is C12H10ClF3. The van der Waals surface area contributed by atoms with Crippen LogP contribution in [0.1, 0.15) is 23.1 Å². The van der Waals surface area contributed by atoms with Gasteiger partial charge in [-0.3, -0.25) is 0 Å². The molecule has 0 aliphatic carbocycles. The number of rotatable bonds is 1. The number of hydrogen-bond acceptors (Lipinski definition) is 0. The van der Waals surface area contributed by atoms with Crippen LogP contribution in [0.2, 0.25) is 0 Å². The number of benzene rings is 1. The van der Waals surface area contributed by atoms with E-state index in [1.54, 1.807) is 6.92 Å². The highest BCUT2D eigenvalue weighted by atomic mass is 35.5. The molecule has 0 N–H and O–H groups in total. The standard InChI is InChI=1S/C12H10ClF3/c1-9-5-6-11(12(14,15)16)8-10(9)4-2-3-7-13/h5-6,8H,3,7H2,1H3. The van der Waals surface area contributed by atoms with Crippen molar-refractivity contribution in [2.24, 2.45) is 0 Å². The van der Waals surface area contributed by atoms with Crippen LogP contribution in [-0.4, -0.2) is 5.88 Å². The van der Waals surface area contributed by atoms with Crippen LogP contribution in [0.5, 0.6) is 0 Å². The summed E-state index contributed by atoms with van der Waals surface area (Å²) in [5, 5.41) is 0. The van der Waals surface area contributed by atoms with Crippen molar-refractivity contribution >= 4 is 11.6 Å². The van der Waals surface area contributed by atoms with Crippen molar-refractivity contribution in [1.82, 2.24) is 0 Å². The third kappa shape index (κ3) is 3.46. The number of hydrogen-bond donors (Lipinski definition) is 0. The second-order valence-corrected chi connectivity index (χ2v) is 3.65. The molecule has 1 aromatic rings. The first-order valence-electron chi connectivity index (χ1n) is 4.68. The molecule has 0 nitrogen and oxygen atoms in total. The molecule has 0 amide bonds. The highest BCUT2D eigenvalue weighted by Crippen LogP contribution is 2.30. The summed E-state index contributed by atoms with van der Waals surface area (Å²) in [4.78, 5) is 0. The maximum absolute atomic E-state index is 12.4. The third-order valence-corrected chi connectivity index (χ3v) is 2.20. The quantitative estimate of drug-likeness (QED) is 0.519. The van der Waals surface area contributed by atoms with Crippen molar-refractivity contribution < 1.29 is 13.2 Å². The van der Waals surface area contributed by atoms with Gasteiger partial charge in [0, 0.05) is 17.9 Å². The third-order valence-electron chi connectivity index (χ3n) is 2.01. The Balaban J connectivity index is 3.06. The fourth-order valence-electron chi connectivity index (χ4n) is 1.14. The van der Waals surface area contributed by atoms with Gasteiger partial charge in [-0.1, -0.05) is 17.9 Å². The molecule has 1 rings (SSSR count). The molecule has 0 heterocycles. The minimum atomic E-state index is -4.32. The summed E-state index contributed by atoms with van der Waals surface area (Å²) < 4.78 is 37.3. The molecule has 0 fully saturated rings. The van der Waals surface area contributed by atoms with Gasteiger partial charge in [0.15, 0.2) is 0 Å². The van der Waals surface area contributed by atoms with Crippen molar-refractivity contribution in [3.8, 4) is 11.8 Å².